The number of nitrogens with one attached hydrogen (secondary N) is 1. The summed E-state index contributed by atoms with van der Waals surface area (Å²) < 4.78 is 16.6. The van der Waals surface area contributed by atoms with E-state index in [9.17, 15) is 0 Å². The molecule has 0 amide bonds. The highest BCUT2D eigenvalue weighted by Gasteiger charge is 2.42. The Morgan fingerprint density at radius 2 is 2.30 bits per heavy atom. The van der Waals surface area contributed by atoms with E-state index in [2.05, 4.69) is 23.1 Å². The van der Waals surface area contributed by atoms with Crippen LogP contribution in [0.15, 0.2) is 23.2 Å². The van der Waals surface area contributed by atoms with Crippen molar-refractivity contribution in [2.45, 2.75) is 26.3 Å². The second-order valence-corrected chi connectivity index (χ2v) is 7.12. The van der Waals surface area contributed by atoms with Crippen molar-refractivity contribution in [2.75, 3.05) is 46.6 Å². The first-order valence-electron chi connectivity index (χ1n) is 9.54. The maximum Gasteiger partial charge on any atom is 0.194 e. The minimum atomic E-state index is 0.212. The van der Waals surface area contributed by atoms with Crippen LogP contribution < -0.4 is 14.8 Å². The lowest BCUT2D eigenvalue weighted by Crippen LogP contribution is -2.41. The van der Waals surface area contributed by atoms with Gasteiger partial charge in [0, 0.05) is 31.7 Å². The van der Waals surface area contributed by atoms with Crippen LogP contribution in [-0.4, -0.2) is 57.4 Å². The zero-order valence-electron chi connectivity index (χ0n) is 16.3. The number of aliphatic imine (C=N–C) groups is 1. The second-order valence-electron chi connectivity index (χ2n) is 7.12. The monoisotopic (exact) mass is 371 g/mol. The third kappa shape index (κ3) is 4.67. The summed E-state index contributed by atoms with van der Waals surface area (Å²) in [6.07, 6.45) is 7.62. The highest BCUT2D eigenvalue weighted by molar-refractivity contribution is 5.80. The first kappa shape index (κ1) is 19.4. The molecule has 2 aliphatic heterocycles. The maximum atomic E-state index is 5.64. The number of benzene rings is 1. The molecule has 6 heteroatoms. The number of guanidine groups is 1. The van der Waals surface area contributed by atoms with E-state index in [0.717, 1.165) is 50.8 Å². The van der Waals surface area contributed by atoms with Crippen molar-refractivity contribution in [1.29, 1.82) is 0 Å². The summed E-state index contributed by atoms with van der Waals surface area (Å²) in [6.45, 7) is 7.51. The first-order valence-corrected chi connectivity index (χ1v) is 9.54. The molecule has 1 atom stereocenters. The van der Waals surface area contributed by atoms with Crippen molar-refractivity contribution in [3.05, 3.63) is 23.8 Å². The zero-order valence-corrected chi connectivity index (χ0v) is 16.3. The smallest absolute Gasteiger partial charge is 0.194 e. The van der Waals surface area contributed by atoms with Gasteiger partial charge in [0.2, 0.25) is 0 Å². The quantitative estimate of drug-likeness (QED) is 0.472. The Bertz CT molecular complexity index is 705. The molecule has 2 fully saturated rings. The molecule has 6 nitrogen and oxygen atoms in total. The Labute approximate surface area is 161 Å². The average molecular weight is 371 g/mol. The van der Waals surface area contributed by atoms with Crippen LogP contribution in [-0.2, 0) is 11.3 Å². The van der Waals surface area contributed by atoms with Gasteiger partial charge in [-0.3, -0.25) is 0 Å². The maximum absolute atomic E-state index is 5.64. The van der Waals surface area contributed by atoms with Gasteiger partial charge >= 0.3 is 0 Å². The lowest BCUT2D eigenvalue weighted by Gasteiger charge is -2.25. The third-order valence-electron chi connectivity index (χ3n) is 5.21. The first-order chi connectivity index (χ1) is 13.2. The molecule has 0 aliphatic carbocycles. The number of rotatable bonds is 6. The predicted octanol–water partition coefficient (Wildman–Crippen LogP) is 2.29. The summed E-state index contributed by atoms with van der Waals surface area (Å²) in [5.41, 5.74) is 1.36. The van der Waals surface area contributed by atoms with Crippen LogP contribution in [0.25, 0.3) is 0 Å². The predicted molar refractivity (Wildman–Crippen MR) is 106 cm³/mol. The lowest BCUT2D eigenvalue weighted by molar-refractivity contribution is 0.156. The van der Waals surface area contributed by atoms with E-state index in [0.29, 0.717) is 23.5 Å². The van der Waals surface area contributed by atoms with E-state index < -0.39 is 0 Å². The summed E-state index contributed by atoms with van der Waals surface area (Å²) in [5, 5.41) is 3.43. The average Bonchev–Trinajstić information content (AvgIpc) is 3.33. The number of ether oxygens (including phenoxy) is 3. The number of likely N-dealkylation sites (tertiary alicyclic amines) is 1. The summed E-state index contributed by atoms with van der Waals surface area (Å²) in [4.78, 5) is 7.21. The van der Waals surface area contributed by atoms with Gasteiger partial charge in [0.05, 0.1) is 20.3 Å². The normalized spacial score (nSPS) is 22.1. The van der Waals surface area contributed by atoms with Gasteiger partial charge in [-0.1, -0.05) is 12.0 Å². The molecule has 0 aromatic heterocycles. The number of terminal acetylenes is 1. The Balaban J connectivity index is 1.70. The number of hydrogen-bond acceptors (Lipinski definition) is 4. The van der Waals surface area contributed by atoms with E-state index >= 15 is 0 Å². The van der Waals surface area contributed by atoms with Gasteiger partial charge < -0.3 is 24.4 Å². The summed E-state index contributed by atoms with van der Waals surface area (Å²) in [5.74, 6) is 4.77. The fourth-order valence-electron chi connectivity index (χ4n) is 3.73. The molecule has 146 valence electrons. The standard InChI is InChI=1S/C21H29N3O3/c1-4-11-27-19-13-17(6-7-18(19)25-3)14-23-20(22-5-2)24-10-8-21(15-24)9-12-26-16-21/h1,6-7,13H,5,8-12,14-16H2,2-3H3,(H,22,23). The molecular weight excluding hydrogens is 342 g/mol. The van der Waals surface area contributed by atoms with Gasteiger partial charge in [0.25, 0.3) is 0 Å². The van der Waals surface area contributed by atoms with Gasteiger partial charge in [-0.2, -0.15) is 0 Å². The lowest BCUT2D eigenvalue weighted by atomic mass is 9.87. The molecule has 3 rings (SSSR count). The Hall–Kier alpha value is -2.39. The van der Waals surface area contributed by atoms with Crippen LogP contribution in [0.2, 0.25) is 0 Å². The van der Waals surface area contributed by atoms with Crippen molar-refractivity contribution in [3.63, 3.8) is 0 Å². The van der Waals surface area contributed by atoms with Crippen molar-refractivity contribution >= 4 is 5.96 Å². The van der Waals surface area contributed by atoms with Crippen molar-refractivity contribution in [2.24, 2.45) is 10.4 Å². The molecule has 0 saturated carbocycles. The van der Waals surface area contributed by atoms with Crippen molar-refractivity contribution < 1.29 is 14.2 Å². The summed E-state index contributed by atoms with van der Waals surface area (Å²) in [7, 11) is 1.62. The third-order valence-corrected chi connectivity index (χ3v) is 5.21. The van der Waals surface area contributed by atoms with Gasteiger partial charge in [0.1, 0.15) is 6.61 Å². The molecule has 2 saturated heterocycles. The molecular formula is C21H29N3O3. The van der Waals surface area contributed by atoms with Crippen LogP contribution in [0.3, 0.4) is 0 Å². The highest BCUT2D eigenvalue weighted by atomic mass is 16.5. The largest absolute Gasteiger partial charge is 0.493 e. The number of hydrogen-bond donors (Lipinski definition) is 1. The van der Waals surface area contributed by atoms with E-state index in [1.807, 2.05) is 18.2 Å². The molecule has 27 heavy (non-hydrogen) atoms. The Kier molecular flexibility index (Phi) is 6.46. The Morgan fingerprint density at radius 3 is 3.00 bits per heavy atom. The van der Waals surface area contributed by atoms with Crippen LogP contribution in [0.4, 0.5) is 0 Å². The van der Waals surface area contributed by atoms with E-state index in [1.165, 1.54) is 6.42 Å². The van der Waals surface area contributed by atoms with Gasteiger partial charge in [-0.05, 0) is 37.5 Å². The SMILES string of the molecule is C#CCOc1cc(CN=C(NCC)N2CCC3(CCOC3)C2)ccc1OC. The summed E-state index contributed by atoms with van der Waals surface area (Å²) >= 11 is 0. The minimum Gasteiger partial charge on any atom is -0.493 e. The molecule has 0 radical (unpaired) electrons. The fraction of sp³-hybridized carbons (Fsp3) is 0.571. The minimum absolute atomic E-state index is 0.212. The highest BCUT2D eigenvalue weighted by Crippen LogP contribution is 2.38. The second kappa shape index (κ2) is 9.01. The number of methoxy groups -OCH3 is 1. The molecule has 1 N–H and O–H groups in total. The topological polar surface area (TPSA) is 55.3 Å². The Morgan fingerprint density at radius 1 is 1.41 bits per heavy atom. The molecule has 2 heterocycles. The molecule has 1 aromatic carbocycles. The molecule has 1 unspecified atom stereocenters. The van der Waals surface area contributed by atoms with E-state index in [1.54, 1.807) is 7.11 Å². The van der Waals surface area contributed by atoms with Crippen LogP contribution in [0, 0.1) is 17.8 Å². The van der Waals surface area contributed by atoms with E-state index in [-0.39, 0.29) is 6.61 Å². The molecule has 1 aromatic rings. The molecule has 1 spiro atoms. The van der Waals surface area contributed by atoms with Crippen LogP contribution in [0.1, 0.15) is 25.3 Å². The van der Waals surface area contributed by atoms with Crippen LogP contribution >= 0.6 is 0 Å². The van der Waals surface area contributed by atoms with Crippen molar-refractivity contribution in [1.82, 2.24) is 10.2 Å². The van der Waals surface area contributed by atoms with Gasteiger partial charge in [-0.15, -0.1) is 6.42 Å². The van der Waals surface area contributed by atoms with Gasteiger partial charge in [0.15, 0.2) is 17.5 Å². The van der Waals surface area contributed by atoms with Crippen LogP contribution in [0.5, 0.6) is 11.5 Å². The zero-order chi connectivity index (χ0) is 19.1. The van der Waals surface area contributed by atoms with Gasteiger partial charge in [-0.25, -0.2) is 4.99 Å². The van der Waals surface area contributed by atoms with E-state index in [4.69, 9.17) is 25.6 Å². The molecule has 0 bridgehead atoms. The summed E-state index contributed by atoms with van der Waals surface area (Å²) in [6, 6.07) is 5.84. The molecule has 2 aliphatic rings. The van der Waals surface area contributed by atoms with Crippen molar-refractivity contribution in [3.8, 4) is 23.8 Å². The number of nitrogens with zero attached hydrogens (tertiary/aromatic N) is 2. The fourth-order valence-corrected chi connectivity index (χ4v) is 3.73.